The van der Waals surface area contributed by atoms with E-state index in [0.717, 1.165) is 0 Å². The Bertz CT molecular complexity index is 1050. The molecule has 1 heterocycles. The summed E-state index contributed by atoms with van der Waals surface area (Å²) < 4.78 is 6.75. The van der Waals surface area contributed by atoms with Crippen LogP contribution >= 0.6 is 31.9 Å². The van der Waals surface area contributed by atoms with Gasteiger partial charge in [-0.3, -0.25) is 9.78 Å². The molecule has 1 aromatic heterocycles. The number of pyridine rings is 1. The molecule has 3 rings (SSSR count). The quantitative estimate of drug-likeness (QED) is 0.239. The molecular formula is C20H13Br2N3O3. The summed E-state index contributed by atoms with van der Waals surface area (Å²) in [7, 11) is 0. The molecule has 0 aliphatic rings. The molecule has 140 valence electrons. The van der Waals surface area contributed by atoms with Crippen molar-refractivity contribution in [2.45, 2.75) is 0 Å². The fourth-order valence-electron chi connectivity index (χ4n) is 2.21. The Morgan fingerprint density at radius 3 is 2.64 bits per heavy atom. The highest BCUT2D eigenvalue weighted by atomic mass is 79.9. The van der Waals surface area contributed by atoms with Gasteiger partial charge in [-0.05, 0) is 67.8 Å². The molecule has 6 nitrogen and oxygen atoms in total. The summed E-state index contributed by atoms with van der Waals surface area (Å²) >= 11 is 6.59. The van der Waals surface area contributed by atoms with Gasteiger partial charge < -0.3 is 4.74 Å². The monoisotopic (exact) mass is 501 g/mol. The normalized spacial score (nSPS) is 10.6. The second-order valence-corrected chi connectivity index (χ2v) is 7.30. The summed E-state index contributed by atoms with van der Waals surface area (Å²) in [6.07, 6.45) is 4.48. The second-order valence-electron chi connectivity index (χ2n) is 5.53. The molecule has 0 aliphatic carbocycles. The van der Waals surface area contributed by atoms with E-state index in [2.05, 4.69) is 47.4 Å². The Labute approximate surface area is 177 Å². The lowest BCUT2D eigenvalue weighted by Gasteiger charge is -2.06. The summed E-state index contributed by atoms with van der Waals surface area (Å²) in [6.45, 7) is 0. The summed E-state index contributed by atoms with van der Waals surface area (Å²) in [5.74, 6) is -0.495. The van der Waals surface area contributed by atoms with Crippen molar-refractivity contribution < 1.29 is 14.3 Å². The first kappa shape index (κ1) is 19.9. The number of nitrogens with one attached hydrogen (secondary N) is 1. The smallest absolute Gasteiger partial charge is 0.344 e. The van der Waals surface area contributed by atoms with E-state index in [4.69, 9.17) is 4.74 Å². The van der Waals surface area contributed by atoms with Gasteiger partial charge in [-0.2, -0.15) is 5.10 Å². The number of ether oxygens (including phenoxy) is 1. The maximum absolute atomic E-state index is 12.3. The van der Waals surface area contributed by atoms with Crippen LogP contribution < -0.4 is 10.2 Å². The minimum absolute atomic E-state index is 0.368. The Kier molecular flexibility index (Phi) is 6.67. The maximum Gasteiger partial charge on any atom is 0.344 e. The van der Waals surface area contributed by atoms with Gasteiger partial charge in [0.2, 0.25) is 0 Å². The van der Waals surface area contributed by atoms with Crippen molar-refractivity contribution >= 4 is 50.0 Å². The number of benzene rings is 2. The average molecular weight is 503 g/mol. The minimum atomic E-state index is -0.475. The Morgan fingerprint density at radius 2 is 1.86 bits per heavy atom. The van der Waals surface area contributed by atoms with Crippen LogP contribution in [0, 0.1) is 0 Å². The van der Waals surface area contributed by atoms with Gasteiger partial charge in [0.1, 0.15) is 5.75 Å². The molecule has 1 N–H and O–H groups in total. The Balaban J connectivity index is 1.64. The third-order valence-corrected chi connectivity index (χ3v) is 4.63. The lowest BCUT2D eigenvalue weighted by molar-refractivity contribution is 0.0733. The standard InChI is InChI=1S/C20H13Br2N3O3/c21-15-9-14(11-23-12-15)19(26)25-24-10-13-4-3-5-16(8-13)28-20(27)17-6-1-2-7-18(17)22/h1-12H,(H,25,26)/b24-10+. The molecule has 0 saturated heterocycles. The van der Waals surface area contributed by atoms with Crippen LogP contribution in [0.15, 0.2) is 81.0 Å². The number of rotatable bonds is 5. The van der Waals surface area contributed by atoms with E-state index in [1.807, 2.05) is 6.07 Å². The number of nitrogens with zero attached hydrogens (tertiary/aromatic N) is 2. The van der Waals surface area contributed by atoms with Crippen molar-refractivity contribution in [1.82, 2.24) is 10.4 Å². The number of hydrogen-bond acceptors (Lipinski definition) is 5. The zero-order valence-electron chi connectivity index (χ0n) is 14.3. The zero-order chi connectivity index (χ0) is 19.9. The predicted octanol–water partition coefficient (Wildman–Crippen LogP) is 4.59. The van der Waals surface area contributed by atoms with Crippen molar-refractivity contribution in [1.29, 1.82) is 0 Å². The molecule has 0 atom stereocenters. The molecule has 0 aliphatic heterocycles. The highest BCUT2D eigenvalue weighted by Crippen LogP contribution is 2.19. The van der Waals surface area contributed by atoms with Crippen LogP contribution in [-0.2, 0) is 0 Å². The number of hydrogen-bond donors (Lipinski definition) is 1. The second kappa shape index (κ2) is 9.38. The lowest BCUT2D eigenvalue weighted by atomic mass is 10.2. The molecule has 1 amide bonds. The molecule has 8 heteroatoms. The number of amides is 1. The van der Waals surface area contributed by atoms with E-state index in [0.29, 0.717) is 31.4 Å². The molecule has 0 fully saturated rings. The molecular weight excluding hydrogens is 490 g/mol. The first-order valence-corrected chi connectivity index (χ1v) is 9.62. The number of carbonyl (C=O) groups is 2. The van der Waals surface area contributed by atoms with Gasteiger partial charge in [-0.25, -0.2) is 10.2 Å². The number of esters is 1. The van der Waals surface area contributed by atoms with Crippen molar-refractivity contribution in [3.05, 3.63) is 92.6 Å². The van der Waals surface area contributed by atoms with Gasteiger partial charge in [0.25, 0.3) is 5.91 Å². The van der Waals surface area contributed by atoms with Crippen molar-refractivity contribution in [2.24, 2.45) is 5.10 Å². The number of carbonyl (C=O) groups excluding carboxylic acids is 2. The Hall–Kier alpha value is -2.84. The van der Waals surface area contributed by atoms with E-state index >= 15 is 0 Å². The molecule has 3 aromatic rings. The van der Waals surface area contributed by atoms with Gasteiger partial charge >= 0.3 is 5.97 Å². The fraction of sp³-hybridized carbons (Fsp3) is 0. The third-order valence-electron chi connectivity index (χ3n) is 3.51. The van der Waals surface area contributed by atoms with Crippen LogP contribution in [0.25, 0.3) is 0 Å². The molecule has 0 unspecified atom stereocenters. The Morgan fingerprint density at radius 1 is 1.04 bits per heavy atom. The van der Waals surface area contributed by atoms with Crippen molar-refractivity contribution in [3.63, 3.8) is 0 Å². The molecule has 28 heavy (non-hydrogen) atoms. The summed E-state index contributed by atoms with van der Waals surface area (Å²) in [6, 6.07) is 15.5. The van der Waals surface area contributed by atoms with E-state index in [9.17, 15) is 9.59 Å². The van der Waals surface area contributed by atoms with E-state index < -0.39 is 5.97 Å². The first-order chi connectivity index (χ1) is 13.5. The molecule has 0 bridgehead atoms. The maximum atomic E-state index is 12.3. The summed E-state index contributed by atoms with van der Waals surface area (Å²) in [4.78, 5) is 28.2. The van der Waals surface area contributed by atoms with Crippen LogP contribution in [0.4, 0.5) is 0 Å². The van der Waals surface area contributed by atoms with Crippen molar-refractivity contribution in [3.8, 4) is 5.75 Å². The van der Waals surface area contributed by atoms with Gasteiger partial charge in [-0.1, -0.05) is 24.3 Å². The van der Waals surface area contributed by atoms with Gasteiger partial charge in [0.05, 0.1) is 17.3 Å². The number of hydrazone groups is 1. The fourth-order valence-corrected chi connectivity index (χ4v) is 3.02. The van der Waals surface area contributed by atoms with Crippen LogP contribution in [-0.4, -0.2) is 23.1 Å². The molecule has 0 radical (unpaired) electrons. The summed E-state index contributed by atoms with van der Waals surface area (Å²) in [5, 5.41) is 3.92. The predicted molar refractivity (Wildman–Crippen MR) is 113 cm³/mol. The van der Waals surface area contributed by atoms with Gasteiger partial charge in [0.15, 0.2) is 0 Å². The third kappa shape index (κ3) is 5.34. The lowest BCUT2D eigenvalue weighted by Crippen LogP contribution is -2.17. The van der Waals surface area contributed by atoms with E-state index in [1.165, 1.54) is 12.4 Å². The molecule has 0 spiro atoms. The van der Waals surface area contributed by atoms with Gasteiger partial charge in [-0.15, -0.1) is 0 Å². The van der Waals surface area contributed by atoms with Crippen LogP contribution in [0.5, 0.6) is 5.75 Å². The van der Waals surface area contributed by atoms with Crippen LogP contribution in [0.1, 0.15) is 26.3 Å². The number of aromatic nitrogens is 1. The van der Waals surface area contributed by atoms with E-state index in [1.54, 1.807) is 54.7 Å². The summed E-state index contributed by atoms with van der Waals surface area (Å²) in [5.41, 5.74) is 3.89. The van der Waals surface area contributed by atoms with Crippen LogP contribution in [0.2, 0.25) is 0 Å². The molecule has 2 aromatic carbocycles. The highest BCUT2D eigenvalue weighted by molar-refractivity contribution is 9.10. The largest absolute Gasteiger partial charge is 0.423 e. The molecule has 0 saturated carbocycles. The average Bonchev–Trinajstić information content (AvgIpc) is 2.68. The first-order valence-electron chi connectivity index (χ1n) is 8.03. The topological polar surface area (TPSA) is 80.6 Å². The zero-order valence-corrected chi connectivity index (χ0v) is 17.5. The SMILES string of the molecule is O=C(N/N=C/c1cccc(OC(=O)c2ccccc2Br)c1)c1cncc(Br)c1. The van der Waals surface area contributed by atoms with E-state index in [-0.39, 0.29) is 5.91 Å². The highest BCUT2D eigenvalue weighted by Gasteiger charge is 2.12. The number of halogens is 2. The minimum Gasteiger partial charge on any atom is -0.423 e. The van der Waals surface area contributed by atoms with Crippen LogP contribution in [0.3, 0.4) is 0 Å². The van der Waals surface area contributed by atoms with Gasteiger partial charge in [0, 0.05) is 21.3 Å². The van der Waals surface area contributed by atoms with Crippen molar-refractivity contribution in [2.75, 3.05) is 0 Å².